The second-order valence-corrected chi connectivity index (χ2v) is 4.91. The average molecular weight is 230 g/mol. The molecule has 76 valence electrons. The van der Waals surface area contributed by atoms with E-state index in [0.717, 1.165) is 12.1 Å². The predicted octanol–water partition coefficient (Wildman–Crippen LogP) is 3.64. The Labute approximate surface area is 94.4 Å². The Morgan fingerprint density at radius 2 is 2.07 bits per heavy atom. The molecule has 2 rings (SSSR count). The maximum atomic E-state index is 6.07. The number of benzene rings is 1. The molecule has 0 spiro atoms. The van der Waals surface area contributed by atoms with Crippen molar-refractivity contribution in [2.75, 3.05) is 0 Å². The molecule has 0 amide bonds. The zero-order valence-electron chi connectivity index (χ0n) is 8.11. The van der Waals surface area contributed by atoms with Gasteiger partial charge in [0.05, 0.1) is 10.0 Å². The van der Waals surface area contributed by atoms with Crippen molar-refractivity contribution in [1.82, 2.24) is 5.32 Å². The molecule has 1 N–H and O–H groups in total. The van der Waals surface area contributed by atoms with Gasteiger partial charge in [0.25, 0.3) is 0 Å². The van der Waals surface area contributed by atoms with E-state index < -0.39 is 0 Å². The zero-order valence-corrected chi connectivity index (χ0v) is 9.62. The molecule has 14 heavy (non-hydrogen) atoms. The van der Waals surface area contributed by atoms with Crippen LogP contribution in [0.5, 0.6) is 0 Å². The van der Waals surface area contributed by atoms with E-state index >= 15 is 0 Å². The maximum absolute atomic E-state index is 6.07. The Hall–Kier alpha value is -0.240. The molecule has 3 heteroatoms. The molecule has 1 aromatic rings. The lowest BCUT2D eigenvalue weighted by molar-refractivity contribution is 0.538. The standard InChI is InChI=1S/C11H13Cl2N/c1-11(5-6-11)14-7-8-3-2-4-9(12)10(8)13/h2-4,14H,5-7H2,1H3. The highest BCUT2D eigenvalue weighted by molar-refractivity contribution is 6.42. The van der Waals surface area contributed by atoms with E-state index in [1.54, 1.807) is 0 Å². The molecule has 1 aliphatic rings. The summed E-state index contributed by atoms with van der Waals surface area (Å²) in [5, 5.41) is 4.78. The summed E-state index contributed by atoms with van der Waals surface area (Å²) in [5.74, 6) is 0. The summed E-state index contributed by atoms with van der Waals surface area (Å²) in [6, 6.07) is 5.75. The van der Waals surface area contributed by atoms with Crippen LogP contribution >= 0.6 is 23.2 Å². The Kier molecular flexibility index (Phi) is 2.74. The maximum Gasteiger partial charge on any atom is 0.0637 e. The van der Waals surface area contributed by atoms with Crippen LogP contribution in [-0.2, 0) is 6.54 Å². The molecule has 1 aliphatic carbocycles. The second-order valence-electron chi connectivity index (χ2n) is 4.13. The minimum Gasteiger partial charge on any atom is -0.307 e. The second kappa shape index (κ2) is 3.73. The Morgan fingerprint density at radius 3 is 2.71 bits per heavy atom. The van der Waals surface area contributed by atoms with Crippen LogP contribution < -0.4 is 5.32 Å². The molecule has 1 aromatic carbocycles. The fourth-order valence-corrected chi connectivity index (χ4v) is 1.74. The smallest absolute Gasteiger partial charge is 0.0637 e. The summed E-state index contributed by atoms with van der Waals surface area (Å²) in [4.78, 5) is 0. The van der Waals surface area contributed by atoms with Crippen molar-refractivity contribution in [2.24, 2.45) is 0 Å². The van der Waals surface area contributed by atoms with E-state index in [1.807, 2.05) is 18.2 Å². The van der Waals surface area contributed by atoms with E-state index in [1.165, 1.54) is 12.8 Å². The summed E-state index contributed by atoms with van der Waals surface area (Å²) in [5.41, 5.74) is 1.42. The summed E-state index contributed by atoms with van der Waals surface area (Å²) in [6.07, 6.45) is 2.51. The van der Waals surface area contributed by atoms with Gasteiger partial charge in [-0.2, -0.15) is 0 Å². The van der Waals surface area contributed by atoms with E-state index in [9.17, 15) is 0 Å². The topological polar surface area (TPSA) is 12.0 Å². The van der Waals surface area contributed by atoms with Crippen molar-refractivity contribution in [2.45, 2.75) is 31.8 Å². The molecular weight excluding hydrogens is 217 g/mol. The van der Waals surface area contributed by atoms with E-state index in [4.69, 9.17) is 23.2 Å². The number of hydrogen-bond donors (Lipinski definition) is 1. The summed E-state index contributed by atoms with van der Waals surface area (Å²) in [6.45, 7) is 3.03. The third kappa shape index (κ3) is 2.22. The van der Waals surface area contributed by atoms with Gasteiger partial charge < -0.3 is 5.32 Å². The predicted molar refractivity (Wildman–Crippen MR) is 60.9 cm³/mol. The molecule has 1 fully saturated rings. The highest BCUT2D eigenvalue weighted by Gasteiger charge is 2.36. The van der Waals surface area contributed by atoms with Crippen LogP contribution in [0.3, 0.4) is 0 Å². The van der Waals surface area contributed by atoms with Gasteiger partial charge in [-0.15, -0.1) is 0 Å². The van der Waals surface area contributed by atoms with Gasteiger partial charge in [-0.1, -0.05) is 35.3 Å². The van der Waals surface area contributed by atoms with E-state index in [0.29, 0.717) is 15.6 Å². The van der Waals surface area contributed by atoms with Gasteiger partial charge in [0.1, 0.15) is 0 Å². The first-order chi connectivity index (χ1) is 6.61. The largest absolute Gasteiger partial charge is 0.307 e. The molecule has 0 heterocycles. The van der Waals surface area contributed by atoms with Crippen molar-refractivity contribution in [3.05, 3.63) is 33.8 Å². The van der Waals surface area contributed by atoms with Crippen LogP contribution in [0, 0.1) is 0 Å². The van der Waals surface area contributed by atoms with Crippen LogP contribution in [-0.4, -0.2) is 5.54 Å². The highest BCUT2D eigenvalue weighted by atomic mass is 35.5. The van der Waals surface area contributed by atoms with Crippen molar-refractivity contribution >= 4 is 23.2 Å². The molecule has 0 radical (unpaired) electrons. The van der Waals surface area contributed by atoms with Gasteiger partial charge >= 0.3 is 0 Å². The van der Waals surface area contributed by atoms with E-state index in [-0.39, 0.29) is 0 Å². The Morgan fingerprint density at radius 1 is 1.36 bits per heavy atom. The summed E-state index contributed by atoms with van der Waals surface area (Å²) < 4.78 is 0. The van der Waals surface area contributed by atoms with Crippen LogP contribution in [0.4, 0.5) is 0 Å². The summed E-state index contributed by atoms with van der Waals surface area (Å²) >= 11 is 12.0. The lowest BCUT2D eigenvalue weighted by Gasteiger charge is -2.12. The number of halogens is 2. The minimum atomic E-state index is 0.339. The Bertz CT molecular complexity index is 345. The van der Waals surface area contributed by atoms with Crippen LogP contribution in [0.15, 0.2) is 18.2 Å². The lowest BCUT2D eigenvalue weighted by Crippen LogP contribution is -2.27. The number of rotatable bonds is 3. The van der Waals surface area contributed by atoms with Crippen molar-refractivity contribution in [3.8, 4) is 0 Å². The first kappa shape index (κ1) is 10.3. The minimum absolute atomic E-state index is 0.339. The monoisotopic (exact) mass is 229 g/mol. The number of hydrogen-bond acceptors (Lipinski definition) is 1. The molecule has 0 bridgehead atoms. The zero-order chi connectivity index (χ0) is 10.2. The quantitative estimate of drug-likeness (QED) is 0.835. The summed E-state index contributed by atoms with van der Waals surface area (Å²) in [7, 11) is 0. The normalized spacial score (nSPS) is 18.2. The van der Waals surface area contributed by atoms with Crippen LogP contribution in [0.2, 0.25) is 10.0 Å². The molecule has 1 nitrogen and oxygen atoms in total. The molecule has 0 atom stereocenters. The molecular formula is C11H13Cl2N. The van der Waals surface area contributed by atoms with Crippen molar-refractivity contribution in [1.29, 1.82) is 0 Å². The third-order valence-electron chi connectivity index (χ3n) is 2.74. The van der Waals surface area contributed by atoms with Crippen LogP contribution in [0.25, 0.3) is 0 Å². The van der Waals surface area contributed by atoms with Crippen molar-refractivity contribution in [3.63, 3.8) is 0 Å². The van der Waals surface area contributed by atoms with Crippen molar-refractivity contribution < 1.29 is 0 Å². The molecule has 0 aromatic heterocycles. The first-order valence-electron chi connectivity index (χ1n) is 4.79. The van der Waals surface area contributed by atoms with E-state index in [2.05, 4.69) is 12.2 Å². The van der Waals surface area contributed by atoms with Gasteiger partial charge in [-0.05, 0) is 31.4 Å². The molecule has 0 unspecified atom stereocenters. The fourth-order valence-electron chi connectivity index (χ4n) is 1.36. The van der Waals surface area contributed by atoms with Gasteiger partial charge in [-0.25, -0.2) is 0 Å². The van der Waals surface area contributed by atoms with Gasteiger partial charge in [0.15, 0.2) is 0 Å². The molecule has 0 saturated heterocycles. The molecule has 1 saturated carbocycles. The van der Waals surface area contributed by atoms with Gasteiger partial charge in [0.2, 0.25) is 0 Å². The van der Waals surface area contributed by atoms with Gasteiger partial charge in [-0.3, -0.25) is 0 Å². The Balaban J connectivity index is 2.05. The lowest BCUT2D eigenvalue weighted by atomic mass is 10.2. The third-order valence-corrected chi connectivity index (χ3v) is 3.60. The SMILES string of the molecule is CC1(NCc2cccc(Cl)c2Cl)CC1. The molecule has 0 aliphatic heterocycles. The average Bonchev–Trinajstić information content (AvgIpc) is 2.88. The first-order valence-corrected chi connectivity index (χ1v) is 5.54. The highest BCUT2D eigenvalue weighted by Crippen LogP contribution is 2.35. The van der Waals surface area contributed by atoms with Gasteiger partial charge in [0, 0.05) is 12.1 Å². The number of nitrogens with one attached hydrogen (secondary N) is 1. The fraction of sp³-hybridized carbons (Fsp3) is 0.455. The van der Waals surface area contributed by atoms with Crippen LogP contribution in [0.1, 0.15) is 25.3 Å².